The van der Waals surface area contributed by atoms with Crippen molar-refractivity contribution in [2.24, 2.45) is 71.0 Å². The standard InChI is InChI=1S/C30H34O6.C28H37NO5.C26H35NO5.CH4/c1-19-7-9-26(10-8-19)32-28(31)33-27-6-2-4-22(17-27)23-5-3-11-29(18-23)34-30(36-35-29)24-13-20-12-21(15-24)16-25(30)14-20;30-26(29-10-2-1-3-11-29)31-25-8-4-6-21(17-25)22-7-5-9-27(18-22)32-28(34-33-27)23-13-19-12-20(15-23)16-24(28)14-19;1-2-9-27-24(28)29-23-7-3-5-19(15-23)20-6-4-8-25(16-20)30-26(32-31-25)21-11-17-10-18(13-21)14-22(26)12-17;/h2,4,6-10,17,20-21,23-25H,3,5,11-16,18H2,1H3;4,6,8,17,19-20,22-24H,1-3,5,7,9-16,18H2;3,5,7,15,17-18,20-22H,2,4,6,8-14,16H2,1H3,(H,27,28);1H4/t20?,21?,23-,24?,25?,29-,30?;19?,20?,22-,23?,24?,27-,28?;17?,18?,20-,21?,22?,25-,26?;/m111./s1. The normalized spacial score (nSPS) is 40.7. The Balaban J connectivity index is 0.000000114. The van der Waals surface area contributed by atoms with E-state index >= 15 is 0 Å². The van der Waals surface area contributed by atoms with Crippen LogP contribution in [0, 0.1) is 77.9 Å². The highest BCUT2D eigenvalue weighted by Crippen LogP contribution is 2.68. The molecule has 19 fully saturated rings. The third kappa shape index (κ3) is 13.8. The molecule has 2 amide bonds. The van der Waals surface area contributed by atoms with Gasteiger partial charge in [0.05, 0.1) is 0 Å². The van der Waals surface area contributed by atoms with Gasteiger partial charge in [0.2, 0.25) is 34.7 Å². The maximum Gasteiger partial charge on any atom is 0.519 e. The van der Waals surface area contributed by atoms with Crippen molar-refractivity contribution in [2.75, 3.05) is 19.6 Å². The molecule has 6 atom stereocenters. The third-order valence-electron chi connectivity index (χ3n) is 27.8. The number of nitrogens with one attached hydrogen (secondary N) is 1. The molecule has 4 saturated heterocycles. The van der Waals surface area contributed by atoms with Crippen molar-refractivity contribution in [3.8, 4) is 23.0 Å². The van der Waals surface area contributed by atoms with E-state index < -0.39 is 47.0 Å². The SMILES string of the molecule is C.CCCNC(=O)Oc1cccc([C@@H]2CCC[C@]3(C2)OOC2(O3)C3CC4CC(C3)CC2C4)c1.Cc1ccc(OC(=O)Oc2cccc([C@@H]3CCC[C@]4(C3)OOC3(O4)C4CC5CC(C4)CC3C5)c2)cc1.O=C(Oc1cccc([C@@H]2CCC[C@]3(C2)OOC2(O3)C3CC4CC(C3)CC2C4)c1)N1CCCCC1. The lowest BCUT2D eigenvalue weighted by Gasteiger charge is -2.57. The molecule has 4 aromatic rings. The Labute approximate surface area is 608 Å². The number of carbonyl (C=O) groups is 3. The topological polar surface area (TPSA) is 186 Å². The van der Waals surface area contributed by atoms with Crippen molar-refractivity contribution >= 4 is 18.3 Å². The van der Waals surface area contributed by atoms with Crippen LogP contribution < -0.4 is 24.3 Å². The van der Waals surface area contributed by atoms with Gasteiger partial charge < -0.3 is 43.4 Å². The van der Waals surface area contributed by atoms with Crippen LogP contribution in [0.15, 0.2) is 97.1 Å². The molecule has 0 aromatic heterocycles. The molecule has 12 bridgehead atoms. The van der Waals surface area contributed by atoms with Crippen LogP contribution >= 0.6 is 0 Å². The summed E-state index contributed by atoms with van der Waals surface area (Å²) >= 11 is 0. The lowest BCUT2D eigenvalue weighted by molar-refractivity contribution is -0.390. The molecular weight excluding hydrogens is 1300 g/mol. The minimum Gasteiger partial charge on any atom is -0.410 e. The molecule has 19 aliphatic rings. The summed E-state index contributed by atoms with van der Waals surface area (Å²) in [5.74, 6) is 7.48. The van der Waals surface area contributed by atoms with Gasteiger partial charge >= 0.3 is 18.3 Å². The number of benzene rings is 4. The highest BCUT2D eigenvalue weighted by molar-refractivity contribution is 5.71. The van der Waals surface area contributed by atoms with Crippen molar-refractivity contribution < 1.29 is 76.9 Å². The molecule has 4 aliphatic heterocycles. The summed E-state index contributed by atoms with van der Waals surface area (Å²) in [6.45, 7) is 6.21. The zero-order valence-corrected chi connectivity index (χ0v) is 59.9. The number of rotatable bonds is 9. The quantitative estimate of drug-likeness (QED) is 0.0946. The van der Waals surface area contributed by atoms with E-state index in [4.69, 9.17) is 62.5 Å². The Hall–Kier alpha value is -5.67. The van der Waals surface area contributed by atoms with Crippen LogP contribution in [0.5, 0.6) is 23.0 Å². The van der Waals surface area contributed by atoms with Gasteiger partial charge in [-0.15, -0.1) is 0 Å². The smallest absolute Gasteiger partial charge is 0.410 e. The first-order valence-electron chi connectivity index (χ1n) is 40.1. The summed E-state index contributed by atoms with van der Waals surface area (Å²) in [5.41, 5.74) is 4.58. The minimum absolute atomic E-state index is 0. The van der Waals surface area contributed by atoms with Crippen LogP contribution in [-0.4, -0.2) is 77.6 Å². The van der Waals surface area contributed by atoms with Gasteiger partial charge in [0.1, 0.15) is 23.0 Å². The van der Waals surface area contributed by atoms with Crippen LogP contribution in [0.2, 0.25) is 0 Å². The summed E-state index contributed by atoms with van der Waals surface area (Å²) in [6, 6.07) is 31.0. The van der Waals surface area contributed by atoms with Crippen LogP contribution in [0.4, 0.5) is 14.4 Å². The molecule has 4 aromatic carbocycles. The van der Waals surface area contributed by atoms with Crippen molar-refractivity contribution in [3.05, 3.63) is 119 Å². The number of amides is 2. The minimum atomic E-state index is -0.740. The number of hydrogen-bond acceptors (Lipinski definition) is 16. The Morgan fingerprint density at radius 1 is 0.427 bits per heavy atom. The van der Waals surface area contributed by atoms with Gasteiger partial charge in [-0.1, -0.05) is 68.4 Å². The molecule has 6 spiro atoms. The van der Waals surface area contributed by atoms with Gasteiger partial charge in [-0.3, -0.25) is 0 Å². The third-order valence-corrected chi connectivity index (χ3v) is 27.8. The molecule has 556 valence electrons. The first-order chi connectivity index (χ1) is 49.7. The molecule has 23 rings (SSSR count). The van der Waals surface area contributed by atoms with Gasteiger partial charge in [0.15, 0.2) is 0 Å². The average molecular weight is 1420 g/mol. The van der Waals surface area contributed by atoms with Gasteiger partial charge in [-0.2, -0.15) is 29.3 Å². The largest absolute Gasteiger partial charge is 0.519 e. The average Bonchev–Trinajstić information content (AvgIpc) is 1.23. The Kier molecular flexibility index (Phi) is 19.4. The number of aryl methyl sites for hydroxylation is 1. The highest BCUT2D eigenvalue weighted by atomic mass is 17.3. The summed E-state index contributed by atoms with van der Waals surface area (Å²) in [6.07, 6.45) is 33.0. The second-order valence-electron chi connectivity index (χ2n) is 34.7. The van der Waals surface area contributed by atoms with Crippen LogP contribution in [0.1, 0.15) is 253 Å². The van der Waals surface area contributed by atoms with E-state index in [2.05, 4.69) is 23.5 Å². The van der Waals surface area contributed by atoms with E-state index in [1.807, 2.05) is 79.4 Å². The Morgan fingerprint density at radius 2 is 0.786 bits per heavy atom. The zero-order valence-electron chi connectivity index (χ0n) is 59.9. The van der Waals surface area contributed by atoms with Crippen molar-refractivity contribution in [2.45, 2.75) is 273 Å². The summed E-state index contributed by atoms with van der Waals surface area (Å²) in [7, 11) is 0. The molecule has 0 radical (unpaired) electrons. The van der Waals surface area contributed by atoms with Crippen molar-refractivity contribution in [3.63, 3.8) is 0 Å². The summed E-state index contributed by atoms with van der Waals surface area (Å²) < 4.78 is 42.8. The fraction of sp³-hybridized carbons (Fsp3) is 0.682. The van der Waals surface area contributed by atoms with E-state index in [0.29, 0.717) is 76.9 Å². The van der Waals surface area contributed by atoms with Crippen LogP contribution in [0.3, 0.4) is 0 Å². The van der Waals surface area contributed by atoms with Gasteiger partial charge in [0, 0.05) is 93.7 Å². The van der Waals surface area contributed by atoms with Crippen LogP contribution in [0.25, 0.3) is 0 Å². The molecule has 18 heteroatoms. The number of carbonyl (C=O) groups excluding carboxylic acids is 3. The number of nitrogens with zero attached hydrogens (tertiary/aromatic N) is 1. The number of ether oxygens (including phenoxy) is 7. The summed E-state index contributed by atoms with van der Waals surface area (Å²) in [4.78, 5) is 75.9. The van der Waals surface area contributed by atoms with E-state index in [0.717, 1.165) is 156 Å². The summed E-state index contributed by atoms with van der Waals surface area (Å²) in [5, 5.41) is 2.76. The first kappa shape index (κ1) is 70.3. The molecule has 1 N–H and O–H groups in total. The van der Waals surface area contributed by atoms with Crippen LogP contribution in [-0.2, 0) is 43.5 Å². The van der Waals surface area contributed by atoms with Crippen molar-refractivity contribution in [1.82, 2.24) is 10.2 Å². The molecule has 15 aliphatic carbocycles. The van der Waals surface area contributed by atoms with E-state index in [9.17, 15) is 14.4 Å². The highest BCUT2D eigenvalue weighted by Gasteiger charge is 2.70. The van der Waals surface area contributed by atoms with E-state index in [1.165, 1.54) is 114 Å². The fourth-order valence-corrected chi connectivity index (χ4v) is 23.7. The molecule has 4 heterocycles. The first-order valence-corrected chi connectivity index (χ1v) is 40.1. The fourth-order valence-electron chi connectivity index (χ4n) is 23.7. The van der Waals surface area contributed by atoms with Gasteiger partial charge in [-0.25, -0.2) is 14.4 Å². The lowest BCUT2D eigenvalue weighted by atomic mass is 9.53. The number of piperidine rings is 1. The zero-order chi connectivity index (χ0) is 68.8. The van der Waals surface area contributed by atoms with Crippen molar-refractivity contribution in [1.29, 1.82) is 0 Å². The Bertz CT molecular complexity index is 3620. The monoisotopic (exact) mass is 1410 g/mol. The molecular formula is C85H110N2O16. The van der Waals surface area contributed by atoms with Gasteiger partial charge in [0.25, 0.3) is 0 Å². The van der Waals surface area contributed by atoms with E-state index in [-0.39, 0.29) is 19.4 Å². The maximum atomic E-state index is 12.6. The molecule has 0 unspecified atom stereocenters. The lowest BCUT2D eigenvalue weighted by Crippen LogP contribution is -2.59. The molecule has 103 heavy (non-hydrogen) atoms. The predicted octanol–water partition coefficient (Wildman–Crippen LogP) is 19.5. The van der Waals surface area contributed by atoms with Gasteiger partial charge in [-0.05, 0) is 286 Å². The molecule has 18 nitrogen and oxygen atoms in total. The second kappa shape index (κ2) is 28.5. The Morgan fingerprint density at radius 3 is 1.17 bits per heavy atom. The predicted molar refractivity (Wildman–Crippen MR) is 381 cm³/mol. The number of hydrogen-bond donors (Lipinski definition) is 1. The number of likely N-dealkylation sites (tertiary alicyclic amines) is 1. The van der Waals surface area contributed by atoms with E-state index in [1.54, 1.807) is 18.2 Å². The molecule has 15 saturated carbocycles. The maximum absolute atomic E-state index is 12.6. The second-order valence-corrected chi connectivity index (χ2v) is 34.7.